The van der Waals surface area contributed by atoms with Crippen LogP contribution in [-0.4, -0.2) is 70.3 Å². The lowest BCUT2D eigenvalue weighted by Crippen LogP contribution is -2.07. The highest BCUT2D eigenvalue weighted by molar-refractivity contribution is 6.31. The van der Waals surface area contributed by atoms with Crippen LogP contribution in [0.15, 0.2) is 66.7 Å². The SMILES string of the molecule is CCOC(=O)c1c(C)nn(-c2ccccc2O)c1C.COC(=O)CCc1c(C)nn(-c2ccccc2O)c1C.Cc1nn(-c2ccc(F)cc2O)c(C)c1Cl. The number of para-hydroxylation sites is 4. The minimum atomic E-state index is -0.492. The Balaban J connectivity index is 0.000000185. The van der Waals surface area contributed by atoms with Crippen molar-refractivity contribution in [3.8, 4) is 34.3 Å². The molecule has 0 bridgehead atoms. The average Bonchev–Trinajstić information content (AvgIpc) is 3.71. The number of phenolic OH excluding ortho intramolecular Hbond substituents is 3. The number of phenols is 3. The Morgan fingerprint density at radius 3 is 1.73 bits per heavy atom. The molecule has 6 aromatic rings. The molecule has 13 nitrogen and oxygen atoms in total. The minimum Gasteiger partial charge on any atom is -0.506 e. The van der Waals surface area contributed by atoms with E-state index >= 15 is 0 Å². The summed E-state index contributed by atoms with van der Waals surface area (Å²) in [5.74, 6) is -0.990. The van der Waals surface area contributed by atoms with Gasteiger partial charge in [-0.05, 0) is 96.8 Å². The van der Waals surface area contributed by atoms with Gasteiger partial charge < -0.3 is 24.8 Å². The normalized spacial score (nSPS) is 10.6. The average molecular weight is 775 g/mol. The summed E-state index contributed by atoms with van der Waals surface area (Å²) < 4.78 is 27.3. The summed E-state index contributed by atoms with van der Waals surface area (Å²) in [4.78, 5) is 23.1. The molecule has 0 unspecified atom stereocenters. The van der Waals surface area contributed by atoms with Gasteiger partial charge in [-0.15, -0.1) is 0 Å². The third kappa shape index (κ3) is 9.51. The molecule has 0 amide bonds. The van der Waals surface area contributed by atoms with Crippen LogP contribution < -0.4 is 0 Å². The zero-order valence-corrected chi connectivity index (χ0v) is 32.6. The number of hydrogen-bond donors (Lipinski definition) is 3. The number of methoxy groups -OCH3 is 1. The molecule has 6 rings (SSSR count). The van der Waals surface area contributed by atoms with Crippen molar-refractivity contribution in [3.05, 3.63) is 123 Å². The number of halogens is 2. The standard InChI is InChI=1S/C15H18N2O3.C14H16N2O3.C11H10ClFN2O/c1-10-12(8-9-15(19)20-3)11(2)17(16-10)13-6-4-5-7-14(13)18;1-4-19-14(18)13-9(2)15-16(10(13)3)11-7-5-6-8-12(11)17;1-6-11(12)7(2)15(14-6)9-4-3-8(13)5-10(9)16/h4-7,18H,8-9H2,1-3H3;5-8,17H,4H2,1-3H3;3-5,16H,1-2H3. The maximum absolute atomic E-state index is 12.8. The fourth-order valence-corrected chi connectivity index (χ4v) is 5.91. The van der Waals surface area contributed by atoms with Crippen molar-refractivity contribution in [2.24, 2.45) is 0 Å². The van der Waals surface area contributed by atoms with E-state index in [1.54, 1.807) is 86.4 Å². The van der Waals surface area contributed by atoms with E-state index in [2.05, 4.69) is 20.0 Å². The fraction of sp³-hybridized carbons (Fsp3) is 0.275. The monoisotopic (exact) mass is 774 g/mol. The molecule has 0 atom stereocenters. The van der Waals surface area contributed by atoms with Crippen molar-refractivity contribution in [2.45, 2.75) is 61.3 Å². The van der Waals surface area contributed by atoms with Crippen molar-refractivity contribution in [2.75, 3.05) is 13.7 Å². The zero-order valence-electron chi connectivity index (χ0n) is 31.9. The molecule has 0 radical (unpaired) electrons. The first-order valence-corrected chi connectivity index (χ1v) is 17.6. The van der Waals surface area contributed by atoms with Crippen LogP contribution in [0.2, 0.25) is 5.02 Å². The first kappa shape index (κ1) is 41.6. The lowest BCUT2D eigenvalue weighted by molar-refractivity contribution is -0.140. The van der Waals surface area contributed by atoms with E-state index in [4.69, 9.17) is 16.3 Å². The number of carbonyl (C=O) groups excluding carboxylic acids is 2. The van der Waals surface area contributed by atoms with Gasteiger partial charge in [-0.25, -0.2) is 23.2 Å². The van der Waals surface area contributed by atoms with Gasteiger partial charge in [0.2, 0.25) is 0 Å². The van der Waals surface area contributed by atoms with E-state index in [0.29, 0.717) is 69.9 Å². The van der Waals surface area contributed by atoms with E-state index < -0.39 is 5.82 Å². The Morgan fingerprint density at radius 1 is 0.709 bits per heavy atom. The second-order valence-electron chi connectivity index (χ2n) is 12.3. The highest BCUT2D eigenvalue weighted by Gasteiger charge is 2.21. The summed E-state index contributed by atoms with van der Waals surface area (Å²) in [6, 6.07) is 17.7. The molecular weight excluding hydrogens is 731 g/mol. The molecule has 0 spiro atoms. The Hall–Kier alpha value is -6.15. The van der Waals surface area contributed by atoms with E-state index in [1.165, 1.54) is 23.9 Å². The molecule has 0 aliphatic heterocycles. The van der Waals surface area contributed by atoms with Gasteiger partial charge in [0.05, 0.1) is 47.2 Å². The van der Waals surface area contributed by atoms with E-state index in [-0.39, 0.29) is 29.2 Å². The summed E-state index contributed by atoms with van der Waals surface area (Å²) in [5, 5.41) is 42.9. The number of nitrogens with zero attached hydrogens (tertiary/aromatic N) is 6. The molecule has 15 heteroatoms. The second kappa shape index (κ2) is 18.3. The second-order valence-corrected chi connectivity index (χ2v) is 12.7. The number of carbonyl (C=O) groups is 2. The largest absolute Gasteiger partial charge is 0.506 e. The molecule has 3 N–H and O–H groups in total. The van der Waals surface area contributed by atoms with Crippen LogP contribution in [-0.2, 0) is 20.7 Å². The highest BCUT2D eigenvalue weighted by Crippen LogP contribution is 2.29. The van der Waals surface area contributed by atoms with Crippen molar-refractivity contribution >= 4 is 23.5 Å². The van der Waals surface area contributed by atoms with Crippen molar-refractivity contribution in [3.63, 3.8) is 0 Å². The third-order valence-corrected chi connectivity index (χ3v) is 9.15. The van der Waals surface area contributed by atoms with Gasteiger partial charge >= 0.3 is 11.9 Å². The predicted molar refractivity (Wildman–Crippen MR) is 205 cm³/mol. The molecule has 3 heterocycles. The number of esters is 2. The summed E-state index contributed by atoms with van der Waals surface area (Å²) >= 11 is 5.99. The Labute approximate surface area is 323 Å². The first-order valence-electron chi connectivity index (χ1n) is 17.2. The fourth-order valence-electron chi connectivity index (χ4n) is 5.80. The zero-order chi connectivity index (χ0) is 40.6. The van der Waals surface area contributed by atoms with Crippen LogP contribution in [0.4, 0.5) is 4.39 Å². The van der Waals surface area contributed by atoms with Crippen LogP contribution in [0, 0.1) is 47.4 Å². The van der Waals surface area contributed by atoms with E-state index in [9.17, 15) is 29.3 Å². The molecule has 3 aromatic carbocycles. The molecule has 0 fully saturated rings. The van der Waals surface area contributed by atoms with Crippen LogP contribution in [0.3, 0.4) is 0 Å². The molecular formula is C40H44ClFN6O7. The van der Waals surface area contributed by atoms with Gasteiger partial charge in [0.1, 0.15) is 45.7 Å². The Bertz CT molecular complexity index is 2310. The van der Waals surface area contributed by atoms with Gasteiger partial charge in [-0.1, -0.05) is 35.9 Å². The van der Waals surface area contributed by atoms with Crippen LogP contribution in [0.25, 0.3) is 17.1 Å². The lowest BCUT2D eigenvalue weighted by atomic mass is 10.1. The molecule has 0 saturated heterocycles. The number of ether oxygens (including phenoxy) is 2. The van der Waals surface area contributed by atoms with Crippen LogP contribution >= 0.6 is 11.6 Å². The number of benzene rings is 3. The highest BCUT2D eigenvalue weighted by atomic mass is 35.5. The first-order chi connectivity index (χ1) is 26.1. The third-order valence-electron chi connectivity index (χ3n) is 8.61. The van der Waals surface area contributed by atoms with Crippen molar-refractivity contribution in [1.29, 1.82) is 0 Å². The van der Waals surface area contributed by atoms with Crippen LogP contribution in [0.5, 0.6) is 17.2 Å². The minimum absolute atomic E-state index is 0.114. The molecule has 0 saturated carbocycles. The number of rotatable bonds is 8. The van der Waals surface area contributed by atoms with Gasteiger partial charge in [0, 0.05) is 18.2 Å². The maximum Gasteiger partial charge on any atom is 0.341 e. The maximum atomic E-state index is 12.8. The molecule has 3 aromatic heterocycles. The molecule has 290 valence electrons. The summed E-state index contributed by atoms with van der Waals surface area (Å²) in [7, 11) is 1.38. The topological polar surface area (TPSA) is 167 Å². The number of aryl methyl sites for hydroxylation is 3. The predicted octanol–water partition coefficient (Wildman–Crippen LogP) is 7.66. The molecule has 0 aliphatic rings. The Kier molecular flexibility index (Phi) is 13.8. The number of hydrogen-bond acceptors (Lipinski definition) is 10. The van der Waals surface area contributed by atoms with Gasteiger partial charge in [-0.3, -0.25) is 4.79 Å². The summed E-state index contributed by atoms with van der Waals surface area (Å²) in [5.41, 5.74) is 7.44. The lowest BCUT2D eigenvalue weighted by Gasteiger charge is -2.07. The number of aromatic nitrogens is 6. The summed E-state index contributed by atoms with van der Waals surface area (Å²) in [6.45, 7) is 13.0. The van der Waals surface area contributed by atoms with Crippen molar-refractivity contribution < 1.29 is 38.8 Å². The quantitative estimate of drug-likeness (QED) is 0.131. The van der Waals surface area contributed by atoms with Crippen molar-refractivity contribution in [1.82, 2.24) is 29.3 Å². The van der Waals surface area contributed by atoms with Gasteiger partial charge in [-0.2, -0.15) is 15.3 Å². The molecule has 0 aliphatic carbocycles. The summed E-state index contributed by atoms with van der Waals surface area (Å²) in [6.07, 6.45) is 0.905. The van der Waals surface area contributed by atoms with Gasteiger partial charge in [0.15, 0.2) is 0 Å². The smallest absolute Gasteiger partial charge is 0.341 e. The molecule has 55 heavy (non-hydrogen) atoms. The van der Waals surface area contributed by atoms with Crippen LogP contribution in [0.1, 0.15) is 63.4 Å². The van der Waals surface area contributed by atoms with Gasteiger partial charge in [0.25, 0.3) is 0 Å². The number of aromatic hydroxyl groups is 3. The van der Waals surface area contributed by atoms with E-state index in [0.717, 1.165) is 23.0 Å². The Morgan fingerprint density at radius 2 is 1.22 bits per heavy atom. The van der Waals surface area contributed by atoms with E-state index in [1.807, 2.05) is 19.9 Å².